The molecule has 0 aliphatic carbocycles. The Morgan fingerprint density at radius 1 is 1.05 bits per heavy atom. The molecule has 37 heavy (non-hydrogen) atoms. The molecule has 3 rings (SSSR count). The minimum absolute atomic E-state index is 0.00610. The molecule has 1 heterocycles. The molecule has 8 heteroatoms. The van der Waals surface area contributed by atoms with Crippen LogP contribution in [0.5, 0.6) is 5.75 Å². The predicted octanol–water partition coefficient (Wildman–Crippen LogP) is 8.25. The summed E-state index contributed by atoms with van der Waals surface area (Å²) in [6.07, 6.45) is -4.63. The van der Waals surface area contributed by atoms with E-state index in [1.54, 1.807) is 0 Å². The Balaban J connectivity index is 1.84. The molecule has 2 N–H and O–H groups in total. The average Bonchev–Trinajstić information content (AvgIpc) is 3.25. The summed E-state index contributed by atoms with van der Waals surface area (Å²) < 4.78 is 45.4. The molecule has 0 saturated carbocycles. The van der Waals surface area contributed by atoms with Crippen LogP contribution in [0.1, 0.15) is 59.7 Å². The number of aryl methyl sites for hydroxylation is 2. The van der Waals surface area contributed by atoms with E-state index in [1.165, 1.54) is 23.5 Å². The number of halogens is 3. The fourth-order valence-electron chi connectivity index (χ4n) is 4.13. The van der Waals surface area contributed by atoms with Gasteiger partial charge in [-0.25, -0.2) is 0 Å². The molecule has 0 radical (unpaired) electrons. The van der Waals surface area contributed by atoms with Gasteiger partial charge < -0.3 is 15.2 Å². The zero-order valence-electron chi connectivity index (χ0n) is 21.6. The van der Waals surface area contributed by atoms with Crippen LogP contribution in [0.25, 0.3) is 16.8 Å². The zero-order chi connectivity index (χ0) is 27.5. The first-order valence-corrected chi connectivity index (χ1v) is 12.7. The molecule has 3 aromatic rings. The van der Waals surface area contributed by atoms with Crippen molar-refractivity contribution in [2.45, 2.75) is 53.3 Å². The van der Waals surface area contributed by atoms with Crippen LogP contribution in [0.4, 0.5) is 13.2 Å². The number of carboxylic acid groups (broad SMARTS) is 1. The Kier molecular flexibility index (Phi) is 8.42. The zero-order valence-corrected chi connectivity index (χ0v) is 22.4. The van der Waals surface area contributed by atoms with Crippen LogP contribution in [0.15, 0.2) is 55.1 Å². The Morgan fingerprint density at radius 2 is 1.65 bits per heavy atom. The van der Waals surface area contributed by atoms with E-state index >= 15 is 0 Å². The van der Waals surface area contributed by atoms with Crippen LogP contribution in [0.3, 0.4) is 0 Å². The standard InChI is InChI=1S/C29H32F3NO3S/c1-17-15-22(16-18(2)26(17)20-7-9-21(10-8-20)29(30,31)32)36-27(28(4,5)6)24-12-11-23(37-24)19(3)33-14-13-25(34)35/h7-12,15-16,27,33H,3,13-14H2,1-2,4-6H3,(H,34,35). The number of alkyl halides is 3. The Morgan fingerprint density at radius 3 is 2.16 bits per heavy atom. The molecule has 0 spiro atoms. The monoisotopic (exact) mass is 531 g/mol. The van der Waals surface area contributed by atoms with Gasteiger partial charge in [0.25, 0.3) is 0 Å². The maximum absolute atomic E-state index is 13.0. The highest BCUT2D eigenvalue weighted by atomic mass is 32.1. The Labute approximate surface area is 219 Å². The van der Waals surface area contributed by atoms with Gasteiger partial charge in [0.15, 0.2) is 0 Å². The first-order valence-electron chi connectivity index (χ1n) is 11.9. The van der Waals surface area contributed by atoms with Gasteiger partial charge >= 0.3 is 12.1 Å². The van der Waals surface area contributed by atoms with E-state index in [2.05, 4.69) is 32.7 Å². The summed E-state index contributed by atoms with van der Waals surface area (Å²) in [5, 5.41) is 11.9. The number of ether oxygens (including phenoxy) is 1. The summed E-state index contributed by atoms with van der Waals surface area (Å²) in [4.78, 5) is 12.7. The molecule has 0 aliphatic heterocycles. The van der Waals surface area contributed by atoms with Crippen molar-refractivity contribution < 1.29 is 27.8 Å². The van der Waals surface area contributed by atoms with Crippen LogP contribution in [-0.2, 0) is 11.0 Å². The summed E-state index contributed by atoms with van der Waals surface area (Å²) in [6, 6.07) is 13.0. The third-order valence-corrected chi connectivity index (χ3v) is 7.10. The van der Waals surface area contributed by atoms with Gasteiger partial charge in [-0.3, -0.25) is 4.79 Å². The molecule has 198 valence electrons. The first-order chi connectivity index (χ1) is 17.2. The van der Waals surface area contributed by atoms with E-state index in [4.69, 9.17) is 9.84 Å². The van der Waals surface area contributed by atoms with Gasteiger partial charge in [-0.1, -0.05) is 39.5 Å². The van der Waals surface area contributed by atoms with Gasteiger partial charge in [-0.05, 0) is 72.5 Å². The third-order valence-electron chi connectivity index (χ3n) is 5.91. The number of aliphatic carboxylic acids is 1. The van der Waals surface area contributed by atoms with E-state index in [1.807, 2.05) is 38.1 Å². The number of rotatable bonds is 9. The maximum Gasteiger partial charge on any atom is 0.416 e. The van der Waals surface area contributed by atoms with Gasteiger partial charge in [-0.2, -0.15) is 13.2 Å². The van der Waals surface area contributed by atoms with E-state index in [0.29, 0.717) is 18.0 Å². The number of nitrogens with one attached hydrogen (secondary N) is 1. The molecule has 0 bridgehead atoms. The van der Waals surface area contributed by atoms with Crippen molar-refractivity contribution >= 4 is 23.0 Å². The second kappa shape index (κ2) is 11.0. The highest BCUT2D eigenvalue weighted by molar-refractivity contribution is 7.13. The second-order valence-electron chi connectivity index (χ2n) is 10.1. The predicted molar refractivity (Wildman–Crippen MR) is 143 cm³/mol. The van der Waals surface area contributed by atoms with Gasteiger partial charge in [0.05, 0.1) is 12.0 Å². The fraction of sp³-hybridized carbons (Fsp3) is 0.345. The number of benzene rings is 2. The lowest BCUT2D eigenvalue weighted by Crippen LogP contribution is -2.23. The molecule has 2 aromatic carbocycles. The molecule has 0 saturated heterocycles. The molecule has 0 aliphatic rings. The normalized spacial score (nSPS) is 12.8. The van der Waals surface area contributed by atoms with E-state index in [9.17, 15) is 18.0 Å². The minimum Gasteiger partial charge on any atom is -0.484 e. The summed E-state index contributed by atoms with van der Waals surface area (Å²) >= 11 is 1.54. The van der Waals surface area contributed by atoms with E-state index < -0.39 is 17.7 Å². The maximum atomic E-state index is 13.0. The number of carbonyl (C=O) groups is 1. The van der Waals surface area contributed by atoms with Crippen molar-refractivity contribution in [3.8, 4) is 16.9 Å². The van der Waals surface area contributed by atoms with Crippen LogP contribution in [0.2, 0.25) is 0 Å². The van der Waals surface area contributed by atoms with Crippen LogP contribution < -0.4 is 10.1 Å². The van der Waals surface area contributed by atoms with Crippen LogP contribution in [-0.4, -0.2) is 17.6 Å². The van der Waals surface area contributed by atoms with Crippen molar-refractivity contribution in [3.63, 3.8) is 0 Å². The van der Waals surface area contributed by atoms with E-state index in [-0.39, 0.29) is 17.9 Å². The molecular formula is C29H32F3NO3S. The lowest BCUT2D eigenvalue weighted by molar-refractivity contribution is -0.138. The lowest BCUT2D eigenvalue weighted by Gasteiger charge is -2.31. The molecule has 4 nitrogen and oxygen atoms in total. The van der Waals surface area contributed by atoms with Gasteiger partial charge in [0.2, 0.25) is 0 Å². The molecule has 0 amide bonds. The van der Waals surface area contributed by atoms with Crippen molar-refractivity contribution in [2.75, 3.05) is 6.54 Å². The Hall–Kier alpha value is -3.26. The van der Waals surface area contributed by atoms with Gasteiger partial charge in [0, 0.05) is 27.4 Å². The summed E-state index contributed by atoms with van der Waals surface area (Å²) in [5.74, 6) is -0.192. The summed E-state index contributed by atoms with van der Waals surface area (Å²) in [5.41, 5.74) is 3.17. The first kappa shape index (κ1) is 28.3. The average molecular weight is 532 g/mol. The molecule has 1 unspecified atom stereocenters. The highest BCUT2D eigenvalue weighted by Crippen LogP contribution is 2.42. The smallest absolute Gasteiger partial charge is 0.416 e. The lowest BCUT2D eigenvalue weighted by atomic mass is 9.88. The largest absolute Gasteiger partial charge is 0.484 e. The number of thiophene rings is 1. The van der Waals surface area contributed by atoms with Crippen molar-refractivity contribution in [2.24, 2.45) is 5.41 Å². The van der Waals surface area contributed by atoms with Gasteiger partial charge in [-0.15, -0.1) is 11.3 Å². The van der Waals surface area contributed by atoms with Gasteiger partial charge in [0.1, 0.15) is 11.9 Å². The van der Waals surface area contributed by atoms with Crippen LogP contribution >= 0.6 is 11.3 Å². The second-order valence-corrected chi connectivity index (χ2v) is 11.2. The summed E-state index contributed by atoms with van der Waals surface area (Å²) in [6.45, 7) is 14.4. The molecule has 0 fully saturated rings. The molecular weight excluding hydrogens is 499 g/mol. The summed E-state index contributed by atoms with van der Waals surface area (Å²) in [7, 11) is 0. The SMILES string of the molecule is C=C(NCCC(=O)O)c1ccc(C(Oc2cc(C)c(-c3ccc(C(F)(F)F)cc3)c(C)c2)C(C)(C)C)s1. The third kappa shape index (κ3) is 7.16. The fourth-order valence-corrected chi connectivity index (χ4v) is 5.36. The minimum atomic E-state index is -4.37. The highest BCUT2D eigenvalue weighted by Gasteiger charge is 2.31. The molecule has 1 aromatic heterocycles. The number of carboxylic acids is 1. The quantitative estimate of drug-likeness (QED) is 0.292. The van der Waals surface area contributed by atoms with Crippen molar-refractivity contribution in [1.82, 2.24) is 5.32 Å². The van der Waals surface area contributed by atoms with Crippen molar-refractivity contribution in [1.29, 1.82) is 0 Å². The number of hydrogen-bond donors (Lipinski definition) is 2. The molecule has 1 atom stereocenters. The number of hydrogen-bond acceptors (Lipinski definition) is 4. The van der Waals surface area contributed by atoms with E-state index in [0.717, 1.165) is 44.1 Å². The van der Waals surface area contributed by atoms with Crippen molar-refractivity contribution in [3.05, 3.63) is 81.6 Å². The topological polar surface area (TPSA) is 58.6 Å². The van der Waals surface area contributed by atoms with Crippen LogP contribution in [0, 0.1) is 19.3 Å². The Bertz CT molecular complexity index is 1250.